The number of hydrogen-bond donors (Lipinski definition) is 2. The normalized spacial score (nSPS) is 35.3. The summed E-state index contributed by atoms with van der Waals surface area (Å²) in [5, 5.41) is 14.5. The zero-order valence-corrected chi connectivity index (χ0v) is 26.9. The van der Waals surface area contributed by atoms with Crippen LogP contribution in [0.3, 0.4) is 0 Å². The Bertz CT molecular complexity index is 1280. The molecule has 1 aromatic rings. The van der Waals surface area contributed by atoms with Crippen LogP contribution < -0.4 is 15.0 Å². The van der Waals surface area contributed by atoms with Gasteiger partial charge < -0.3 is 33.8 Å². The maximum atomic E-state index is 13.8. The van der Waals surface area contributed by atoms with Crippen LogP contribution >= 0.6 is 11.6 Å². The lowest BCUT2D eigenvalue weighted by Crippen LogP contribution is -2.63. The van der Waals surface area contributed by atoms with E-state index in [9.17, 15) is 14.7 Å². The summed E-state index contributed by atoms with van der Waals surface area (Å²) in [7, 11) is 7.06. The van der Waals surface area contributed by atoms with Gasteiger partial charge in [-0.2, -0.15) is 0 Å². The molecule has 0 spiro atoms. The number of epoxide rings is 1. The number of methoxy groups -OCH3 is 2. The largest absolute Gasteiger partial charge is 0.495 e. The van der Waals surface area contributed by atoms with Gasteiger partial charge in [-0.05, 0) is 45.0 Å². The first-order chi connectivity index (χ1) is 20.3. The van der Waals surface area contributed by atoms with E-state index in [1.54, 1.807) is 31.2 Å². The standard InChI is InChI=1S/C30H43BClN3O8/c1-17-10-9-11-23(40-8)30(38)16-22(41-28(37)33-30)18(2)27-29(3,42-27)24(43-35(6)31-4)15-25(36)34(5)20-13-19(12-17)14-21(39-7)26(20)32/h9-11,13-14,18,22-24,27,31,38H,12,15-16H2,1-8H3,(H,33,37)/b11-9+,17-10+/t18-,22+,23-,24+,27+,29+,30+/m1/s1. The van der Waals surface area contributed by atoms with Gasteiger partial charge in [-0.15, -0.1) is 0 Å². The minimum absolute atomic E-state index is 0.00597. The fraction of sp³-hybridized carbons (Fsp3) is 0.600. The molecule has 2 saturated heterocycles. The van der Waals surface area contributed by atoms with Gasteiger partial charge in [0.05, 0.1) is 25.3 Å². The Hall–Kier alpha value is -2.61. The average molecular weight is 620 g/mol. The maximum absolute atomic E-state index is 13.8. The molecule has 2 fully saturated rings. The molecule has 43 heavy (non-hydrogen) atoms. The number of benzene rings is 1. The van der Waals surface area contributed by atoms with Crippen LogP contribution in [0.5, 0.6) is 5.75 Å². The highest BCUT2D eigenvalue weighted by Crippen LogP contribution is 2.49. The summed E-state index contributed by atoms with van der Waals surface area (Å²) in [6.07, 6.45) is 2.61. The Morgan fingerprint density at radius 3 is 2.65 bits per heavy atom. The molecule has 3 heterocycles. The Morgan fingerprint density at radius 2 is 2.00 bits per heavy atom. The average Bonchev–Trinajstić information content (AvgIpc) is 3.66. The number of ether oxygens (including phenoxy) is 4. The van der Waals surface area contributed by atoms with Gasteiger partial charge in [0.25, 0.3) is 0 Å². The molecule has 0 unspecified atom stereocenters. The molecule has 0 radical (unpaired) electrons. The van der Waals surface area contributed by atoms with Crippen molar-refractivity contribution in [3.8, 4) is 5.75 Å². The summed E-state index contributed by atoms with van der Waals surface area (Å²) < 4.78 is 23.1. The number of carbonyl (C=O) groups is 2. The van der Waals surface area contributed by atoms with Crippen molar-refractivity contribution in [2.24, 2.45) is 5.92 Å². The number of rotatable bonds is 5. The van der Waals surface area contributed by atoms with E-state index in [-0.39, 0.29) is 24.7 Å². The molecule has 7 atom stereocenters. The lowest BCUT2D eigenvalue weighted by atomic mass is 9.83. The third-order valence-electron chi connectivity index (χ3n) is 8.70. The monoisotopic (exact) mass is 619 g/mol. The highest BCUT2D eigenvalue weighted by atomic mass is 35.5. The quantitative estimate of drug-likeness (QED) is 0.290. The van der Waals surface area contributed by atoms with Crippen LogP contribution in [0.4, 0.5) is 10.5 Å². The second kappa shape index (κ2) is 13.2. The summed E-state index contributed by atoms with van der Waals surface area (Å²) in [5.74, 6) is -0.107. The summed E-state index contributed by atoms with van der Waals surface area (Å²) in [5.41, 5.74) is -0.190. The molecule has 1 aromatic carbocycles. The van der Waals surface area contributed by atoms with E-state index in [4.69, 9.17) is 35.4 Å². The molecule has 2 N–H and O–H groups in total. The number of fused-ring (bicyclic) bond motifs is 5. The van der Waals surface area contributed by atoms with E-state index in [2.05, 4.69) is 5.32 Å². The van der Waals surface area contributed by atoms with Crippen molar-refractivity contribution >= 4 is 36.7 Å². The molecule has 0 aliphatic carbocycles. The topological polar surface area (TPSA) is 122 Å². The summed E-state index contributed by atoms with van der Waals surface area (Å²) in [4.78, 5) is 35.9. The first kappa shape index (κ1) is 33.3. The summed E-state index contributed by atoms with van der Waals surface area (Å²) in [6.45, 7) is 7.70. The van der Waals surface area contributed by atoms with Crippen LogP contribution in [0.2, 0.25) is 11.8 Å². The number of aliphatic hydroxyl groups is 1. The van der Waals surface area contributed by atoms with E-state index < -0.39 is 41.8 Å². The van der Waals surface area contributed by atoms with Crippen LogP contribution in [0, 0.1) is 5.92 Å². The zero-order chi connectivity index (χ0) is 31.7. The van der Waals surface area contributed by atoms with E-state index in [1.807, 2.05) is 45.8 Å². The number of halogens is 1. The molecule has 4 bridgehead atoms. The third kappa shape index (κ3) is 7.05. The van der Waals surface area contributed by atoms with Gasteiger partial charge >= 0.3 is 6.09 Å². The van der Waals surface area contributed by atoms with E-state index in [0.29, 0.717) is 30.3 Å². The number of nitrogens with zero attached hydrogens (tertiary/aromatic N) is 2. The lowest BCUT2D eigenvalue weighted by Gasteiger charge is -2.42. The van der Waals surface area contributed by atoms with Gasteiger partial charge in [0.1, 0.15) is 34.7 Å². The summed E-state index contributed by atoms with van der Waals surface area (Å²) >= 11 is 6.71. The third-order valence-corrected chi connectivity index (χ3v) is 9.08. The Kier molecular flexibility index (Phi) is 10.2. The van der Waals surface area contributed by atoms with E-state index in [1.165, 1.54) is 19.1 Å². The van der Waals surface area contributed by atoms with Crippen molar-refractivity contribution in [1.82, 2.24) is 10.3 Å². The molecule has 2 amide bonds. The molecular formula is C30H43BClN3O8. The molecule has 11 nitrogen and oxygen atoms in total. The number of nitrogens with one attached hydrogen (secondary N) is 1. The van der Waals surface area contributed by atoms with Gasteiger partial charge in [-0.1, -0.05) is 49.1 Å². The molecule has 3 aliphatic rings. The number of carbonyl (C=O) groups excluding carboxylic acids is 2. The van der Waals surface area contributed by atoms with Crippen molar-refractivity contribution in [3.05, 3.63) is 46.5 Å². The summed E-state index contributed by atoms with van der Waals surface area (Å²) in [6, 6.07) is 3.72. The van der Waals surface area contributed by atoms with Gasteiger partial charge in [0.15, 0.2) is 5.72 Å². The fourth-order valence-corrected chi connectivity index (χ4v) is 6.19. The van der Waals surface area contributed by atoms with Gasteiger partial charge in [0.2, 0.25) is 13.3 Å². The number of hydroxylamine groups is 1. The molecule has 3 aliphatic heterocycles. The molecule has 236 valence electrons. The predicted octanol–water partition coefficient (Wildman–Crippen LogP) is 3.39. The van der Waals surface area contributed by atoms with Crippen LogP contribution in [-0.2, 0) is 30.3 Å². The van der Waals surface area contributed by atoms with E-state index in [0.717, 1.165) is 11.1 Å². The van der Waals surface area contributed by atoms with Crippen LogP contribution in [0.25, 0.3) is 0 Å². The van der Waals surface area contributed by atoms with Gasteiger partial charge in [-0.3, -0.25) is 10.1 Å². The van der Waals surface area contributed by atoms with Crippen LogP contribution in [0.15, 0.2) is 35.9 Å². The van der Waals surface area contributed by atoms with Gasteiger partial charge in [0, 0.05) is 26.5 Å². The lowest BCUT2D eigenvalue weighted by molar-refractivity contribution is -0.154. The molecular weight excluding hydrogens is 577 g/mol. The Balaban J connectivity index is 1.79. The number of anilines is 1. The second-order valence-corrected chi connectivity index (χ2v) is 12.2. The fourth-order valence-electron chi connectivity index (χ4n) is 5.88. The Morgan fingerprint density at radius 1 is 1.28 bits per heavy atom. The number of hydrogen-bond acceptors (Lipinski definition) is 9. The SMILES string of the molecule is CBN(C)O[C@H]1CC(=O)N(C)c2cc(cc(OC)c2Cl)C/C(C)=C/C=C/[C@@H](OC)[C@@]2(O)C[C@H](OC(=O)N2)[C@@H](C)[C@@H]2O[C@@]12C. The van der Waals surface area contributed by atoms with Gasteiger partial charge in [-0.25, -0.2) is 9.77 Å². The first-order valence-electron chi connectivity index (χ1n) is 14.5. The van der Waals surface area contributed by atoms with Crippen molar-refractivity contribution < 1.29 is 38.5 Å². The molecule has 13 heteroatoms. The number of alkyl carbamates (subject to hydrolysis) is 1. The van der Waals surface area contributed by atoms with Crippen molar-refractivity contribution in [3.63, 3.8) is 0 Å². The van der Waals surface area contributed by atoms with Crippen LogP contribution in [-0.4, -0.2) is 93.6 Å². The van der Waals surface area contributed by atoms with Crippen molar-refractivity contribution in [1.29, 1.82) is 0 Å². The first-order valence-corrected chi connectivity index (χ1v) is 14.9. The van der Waals surface area contributed by atoms with E-state index >= 15 is 0 Å². The molecule has 4 rings (SSSR count). The highest BCUT2D eigenvalue weighted by molar-refractivity contribution is 6.35. The highest BCUT2D eigenvalue weighted by Gasteiger charge is 2.64. The van der Waals surface area contributed by atoms with Crippen molar-refractivity contribution in [2.75, 3.05) is 33.2 Å². The smallest absolute Gasteiger partial charge is 0.409 e. The second-order valence-electron chi connectivity index (χ2n) is 11.8. The number of amides is 2. The van der Waals surface area contributed by atoms with Crippen molar-refractivity contribution in [2.45, 2.75) is 82.6 Å². The Labute approximate surface area is 259 Å². The maximum Gasteiger partial charge on any atom is 0.409 e. The van der Waals surface area contributed by atoms with Crippen LogP contribution in [0.1, 0.15) is 39.2 Å². The number of allylic oxidation sites excluding steroid dienone is 3. The minimum Gasteiger partial charge on any atom is -0.495 e. The minimum atomic E-state index is -1.72. The predicted molar refractivity (Wildman–Crippen MR) is 164 cm³/mol. The zero-order valence-electron chi connectivity index (χ0n) is 26.2. The molecule has 0 aromatic heterocycles. The molecule has 0 saturated carbocycles.